The van der Waals surface area contributed by atoms with Gasteiger partial charge in [-0.1, -0.05) is 36.4 Å². The van der Waals surface area contributed by atoms with Gasteiger partial charge in [-0.3, -0.25) is 14.9 Å². The van der Waals surface area contributed by atoms with Gasteiger partial charge in [0.25, 0.3) is 5.91 Å². The summed E-state index contributed by atoms with van der Waals surface area (Å²) in [5.74, 6) is 0.278. The molecule has 4 aliphatic rings. The molecule has 2 aromatic rings. The molecule has 2 aliphatic heterocycles. The first-order chi connectivity index (χ1) is 19.1. The van der Waals surface area contributed by atoms with E-state index in [1.807, 2.05) is 47.4 Å². The molecular weight excluding hydrogens is 530 g/mol. The van der Waals surface area contributed by atoms with E-state index >= 15 is 0 Å². The van der Waals surface area contributed by atoms with Crippen molar-refractivity contribution in [3.05, 3.63) is 64.7 Å². The number of fused-ring (bicyclic) bond motifs is 2. The second kappa shape index (κ2) is 10.2. The number of carbonyl (C=O) groups is 3. The maximum Gasteiger partial charge on any atom is 0.415 e. The van der Waals surface area contributed by atoms with Gasteiger partial charge < -0.3 is 15.0 Å². The van der Waals surface area contributed by atoms with Crippen LogP contribution in [0.15, 0.2) is 42.5 Å². The SMILES string of the molecule is C[C@@H](C1CC1)N(Cc1ccccc1)C(=O)Cc1c(NC2CCS(=O)(=O)CC2)ccc2c1CCC21OC(=O)NC1=O. The van der Waals surface area contributed by atoms with E-state index in [-0.39, 0.29) is 35.9 Å². The van der Waals surface area contributed by atoms with Gasteiger partial charge in [-0.2, -0.15) is 0 Å². The molecule has 0 aromatic heterocycles. The smallest absolute Gasteiger partial charge is 0.415 e. The van der Waals surface area contributed by atoms with E-state index < -0.39 is 27.4 Å². The average molecular weight is 566 g/mol. The van der Waals surface area contributed by atoms with Crippen LogP contribution in [0.1, 0.15) is 61.3 Å². The fourth-order valence-electron chi connectivity index (χ4n) is 6.47. The number of amides is 3. The minimum Gasteiger partial charge on any atom is -0.427 e. The summed E-state index contributed by atoms with van der Waals surface area (Å²) < 4.78 is 29.6. The van der Waals surface area contributed by atoms with E-state index in [1.54, 1.807) is 0 Å². The van der Waals surface area contributed by atoms with Crippen LogP contribution in [0.2, 0.25) is 0 Å². The van der Waals surface area contributed by atoms with Crippen LogP contribution in [0.25, 0.3) is 0 Å². The van der Waals surface area contributed by atoms with Crippen molar-refractivity contribution in [1.82, 2.24) is 10.2 Å². The summed E-state index contributed by atoms with van der Waals surface area (Å²) in [5, 5.41) is 5.80. The predicted molar refractivity (Wildman–Crippen MR) is 149 cm³/mol. The van der Waals surface area contributed by atoms with Crippen LogP contribution < -0.4 is 10.6 Å². The Bertz CT molecular complexity index is 1440. The van der Waals surface area contributed by atoms with Crippen molar-refractivity contribution in [2.45, 2.75) is 76.1 Å². The molecule has 3 fully saturated rings. The first-order valence-electron chi connectivity index (χ1n) is 14.2. The van der Waals surface area contributed by atoms with Crippen molar-refractivity contribution in [2.24, 2.45) is 5.92 Å². The van der Waals surface area contributed by atoms with Gasteiger partial charge in [0.15, 0.2) is 0 Å². The van der Waals surface area contributed by atoms with Gasteiger partial charge in [0.1, 0.15) is 9.84 Å². The lowest BCUT2D eigenvalue weighted by Gasteiger charge is -2.31. The quantitative estimate of drug-likeness (QED) is 0.503. The van der Waals surface area contributed by atoms with Crippen LogP contribution in [-0.4, -0.2) is 54.8 Å². The number of ether oxygens (including phenoxy) is 1. The highest BCUT2D eigenvalue weighted by atomic mass is 32.2. The van der Waals surface area contributed by atoms with E-state index in [1.165, 1.54) is 0 Å². The Balaban J connectivity index is 1.34. The van der Waals surface area contributed by atoms with Gasteiger partial charge in [-0.05, 0) is 67.7 Å². The Hall–Kier alpha value is -3.40. The second-order valence-electron chi connectivity index (χ2n) is 11.6. The Morgan fingerprint density at radius 1 is 1.10 bits per heavy atom. The molecule has 6 rings (SSSR count). The molecule has 212 valence electrons. The van der Waals surface area contributed by atoms with E-state index in [0.717, 1.165) is 35.2 Å². The number of alkyl carbamates (subject to hydrolysis) is 1. The summed E-state index contributed by atoms with van der Waals surface area (Å²) in [6.07, 6.45) is 3.40. The monoisotopic (exact) mass is 565 g/mol. The Morgan fingerprint density at radius 2 is 1.82 bits per heavy atom. The number of hydrogen-bond acceptors (Lipinski definition) is 7. The summed E-state index contributed by atoms with van der Waals surface area (Å²) in [5.41, 5.74) is 2.75. The molecule has 2 saturated heterocycles. The molecule has 1 spiro atoms. The molecule has 40 heavy (non-hydrogen) atoms. The van der Waals surface area contributed by atoms with Crippen LogP contribution in [0.3, 0.4) is 0 Å². The van der Waals surface area contributed by atoms with Crippen LogP contribution in [0.4, 0.5) is 10.5 Å². The number of carbonyl (C=O) groups excluding carboxylic acids is 3. The Kier molecular flexibility index (Phi) is 6.84. The van der Waals surface area contributed by atoms with Crippen molar-refractivity contribution in [1.29, 1.82) is 0 Å². The zero-order valence-corrected chi connectivity index (χ0v) is 23.5. The molecule has 2 aliphatic carbocycles. The number of rotatable bonds is 8. The summed E-state index contributed by atoms with van der Waals surface area (Å²) >= 11 is 0. The largest absolute Gasteiger partial charge is 0.427 e. The zero-order chi connectivity index (χ0) is 28.1. The standard InChI is InChI=1S/C30H35N3O6S/c1-19(21-7-8-21)33(18-20-5-3-2-4-6-20)27(34)17-24-23-11-14-30(28(35)32-29(36)39-30)25(23)9-10-26(24)31-22-12-15-40(37,38)16-13-22/h2-6,9-10,19,21-22,31H,7-8,11-18H2,1H3,(H,32,35,36)/t19-,30?/m0/s1. The summed E-state index contributed by atoms with van der Waals surface area (Å²) in [4.78, 5) is 40.9. The number of nitrogens with one attached hydrogen (secondary N) is 2. The van der Waals surface area contributed by atoms with E-state index in [4.69, 9.17) is 4.74 Å². The normalized spacial score (nSPS) is 24.3. The maximum absolute atomic E-state index is 14.1. The molecule has 0 bridgehead atoms. The van der Waals surface area contributed by atoms with Crippen LogP contribution in [0, 0.1) is 5.92 Å². The molecule has 2 heterocycles. The number of hydrogen-bond donors (Lipinski definition) is 2. The summed E-state index contributed by atoms with van der Waals surface area (Å²) in [7, 11) is -3.02. The van der Waals surface area contributed by atoms with Gasteiger partial charge >= 0.3 is 6.09 Å². The van der Waals surface area contributed by atoms with Crippen LogP contribution in [0.5, 0.6) is 0 Å². The highest BCUT2D eigenvalue weighted by Gasteiger charge is 2.54. The number of nitrogens with zero attached hydrogens (tertiary/aromatic N) is 1. The number of benzene rings is 2. The fourth-order valence-corrected chi connectivity index (χ4v) is 7.97. The van der Waals surface area contributed by atoms with Crippen molar-refractivity contribution in [3.63, 3.8) is 0 Å². The van der Waals surface area contributed by atoms with Gasteiger partial charge in [0.05, 0.1) is 17.9 Å². The molecule has 3 amide bonds. The molecule has 9 nitrogen and oxygen atoms in total. The highest BCUT2D eigenvalue weighted by molar-refractivity contribution is 7.91. The average Bonchev–Trinajstić information content (AvgIpc) is 3.65. The third-order valence-corrected chi connectivity index (χ3v) is 10.7. The molecule has 2 aromatic carbocycles. The lowest BCUT2D eigenvalue weighted by atomic mass is 9.91. The Labute approximate surface area is 234 Å². The molecular formula is C30H35N3O6S. The minimum atomic E-state index is -3.02. The van der Waals surface area contributed by atoms with Crippen molar-refractivity contribution in [3.8, 4) is 0 Å². The van der Waals surface area contributed by atoms with Crippen LogP contribution >= 0.6 is 0 Å². The summed E-state index contributed by atoms with van der Waals surface area (Å²) in [6.45, 7) is 2.63. The highest BCUT2D eigenvalue weighted by Crippen LogP contribution is 2.46. The number of imide groups is 1. The van der Waals surface area contributed by atoms with E-state index in [2.05, 4.69) is 17.6 Å². The van der Waals surface area contributed by atoms with Crippen molar-refractivity contribution in [2.75, 3.05) is 16.8 Å². The van der Waals surface area contributed by atoms with Crippen molar-refractivity contribution < 1.29 is 27.5 Å². The number of anilines is 1. The molecule has 10 heteroatoms. The zero-order valence-electron chi connectivity index (χ0n) is 22.6. The maximum atomic E-state index is 14.1. The molecule has 2 atom stereocenters. The third-order valence-electron chi connectivity index (χ3n) is 9.00. The van der Waals surface area contributed by atoms with Gasteiger partial charge in [-0.25, -0.2) is 13.2 Å². The van der Waals surface area contributed by atoms with Gasteiger partial charge in [-0.15, -0.1) is 0 Å². The van der Waals surface area contributed by atoms with Crippen molar-refractivity contribution >= 4 is 33.4 Å². The van der Waals surface area contributed by atoms with Crippen LogP contribution in [-0.2, 0) is 49.2 Å². The Morgan fingerprint density at radius 3 is 2.48 bits per heavy atom. The van der Waals surface area contributed by atoms with Gasteiger partial charge in [0.2, 0.25) is 11.5 Å². The topological polar surface area (TPSA) is 122 Å². The molecule has 0 radical (unpaired) electrons. The van der Waals surface area contributed by atoms with E-state index in [0.29, 0.717) is 43.7 Å². The molecule has 1 saturated carbocycles. The second-order valence-corrected chi connectivity index (χ2v) is 13.9. The fraction of sp³-hybridized carbons (Fsp3) is 0.500. The summed E-state index contributed by atoms with van der Waals surface area (Å²) in [6, 6.07) is 13.7. The first kappa shape index (κ1) is 26.8. The minimum absolute atomic E-state index is 0.000238. The predicted octanol–water partition coefficient (Wildman–Crippen LogP) is 3.45. The van der Waals surface area contributed by atoms with E-state index in [9.17, 15) is 22.8 Å². The molecule has 2 N–H and O–H groups in total. The lowest BCUT2D eigenvalue weighted by molar-refractivity contribution is -0.133. The third kappa shape index (κ3) is 5.09. The van der Waals surface area contributed by atoms with Gasteiger partial charge in [0, 0.05) is 36.3 Å². The first-order valence-corrected chi connectivity index (χ1v) is 16.0. The number of sulfone groups is 1. The lowest BCUT2D eigenvalue weighted by Crippen LogP contribution is -2.40. The molecule has 1 unspecified atom stereocenters.